The Balaban J connectivity index is 2.64. The fourth-order valence-electron chi connectivity index (χ4n) is 1.48. The molecule has 0 spiro atoms. The number of aryl methyl sites for hydroxylation is 2. The van der Waals surface area contributed by atoms with Gasteiger partial charge in [0.15, 0.2) is 0 Å². The van der Waals surface area contributed by atoms with Crippen molar-refractivity contribution >= 4 is 22.6 Å². The van der Waals surface area contributed by atoms with Gasteiger partial charge in [0.1, 0.15) is 0 Å². The van der Waals surface area contributed by atoms with Crippen molar-refractivity contribution in [3.8, 4) is 0 Å². The Morgan fingerprint density at radius 2 is 2.13 bits per heavy atom. The lowest BCUT2D eigenvalue weighted by molar-refractivity contribution is 0.281. The SMILES string of the molecule is Cc1cc(I)cn(CCCCCO)c1=O. The zero-order valence-corrected chi connectivity index (χ0v) is 11.0. The Labute approximate surface area is 103 Å². The van der Waals surface area contributed by atoms with Gasteiger partial charge in [-0.2, -0.15) is 0 Å². The lowest BCUT2D eigenvalue weighted by Gasteiger charge is -2.07. The van der Waals surface area contributed by atoms with Crippen molar-refractivity contribution in [2.45, 2.75) is 32.7 Å². The lowest BCUT2D eigenvalue weighted by Crippen LogP contribution is -2.22. The highest BCUT2D eigenvalue weighted by Gasteiger charge is 2.01. The number of hydrogen-bond donors (Lipinski definition) is 1. The molecule has 0 radical (unpaired) electrons. The van der Waals surface area contributed by atoms with Crippen LogP contribution < -0.4 is 5.56 Å². The van der Waals surface area contributed by atoms with Crippen LogP contribution in [0.5, 0.6) is 0 Å². The summed E-state index contributed by atoms with van der Waals surface area (Å²) in [6.07, 6.45) is 4.61. The lowest BCUT2D eigenvalue weighted by atomic mass is 10.2. The summed E-state index contributed by atoms with van der Waals surface area (Å²) < 4.78 is 2.85. The number of pyridine rings is 1. The molecule has 0 saturated carbocycles. The second-order valence-corrected chi connectivity index (χ2v) is 4.87. The molecule has 84 valence electrons. The van der Waals surface area contributed by atoms with E-state index >= 15 is 0 Å². The maximum absolute atomic E-state index is 11.7. The predicted octanol–water partition coefficient (Wildman–Crippen LogP) is 1.92. The number of hydrogen-bond acceptors (Lipinski definition) is 2. The molecule has 1 N–H and O–H groups in total. The molecule has 0 atom stereocenters. The number of halogens is 1. The Morgan fingerprint density at radius 1 is 1.40 bits per heavy atom. The van der Waals surface area contributed by atoms with Crippen LogP contribution >= 0.6 is 22.6 Å². The van der Waals surface area contributed by atoms with Crippen molar-refractivity contribution in [3.63, 3.8) is 0 Å². The van der Waals surface area contributed by atoms with E-state index in [9.17, 15) is 4.79 Å². The van der Waals surface area contributed by atoms with E-state index in [0.29, 0.717) is 0 Å². The molecule has 0 amide bonds. The molecule has 1 heterocycles. The van der Waals surface area contributed by atoms with E-state index in [1.807, 2.05) is 19.2 Å². The molecule has 0 aliphatic heterocycles. The first-order valence-electron chi connectivity index (χ1n) is 5.12. The zero-order chi connectivity index (χ0) is 11.3. The highest BCUT2D eigenvalue weighted by Crippen LogP contribution is 2.05. The van der Waals surface area contributed by atoms with Gasteiger partial charge in [0, 0.05) is 28.5 Å². The molecule has 1 rings (SSSR count). The summed E-state index contributed by atoms with van der Waals surface area (Å²) in [5.74, 6) is 0. The van der Waals surface area contributed by atoms with Gasteiger partial charge in [-0.05, 0) is 54.8 Å². The van der Waals surface area contributed by atoms with E-state index in [1.54, 1.807) is 4.57 Å². The number of rotatable bonds is 5. The smallest absolute Gasteiger partial charge is 0.253 e. The molecule has 0 saturated heterocycles. The van der Waals surface area contributed by atoms with E-state index in [1.165, 1.54) is 0 Å². The average molecular weight is 321 g/mol. The van der Waals surface area contributed by atoms with Crippen molar-refractivity contribution in [1.82, 2.24) is 4.57 Å². The Morgan fingerprint density at radius 3 is 2.80 bits per heavy atom. The minimum atomic E-state index is 0.0967. The van der Waals surface area contributed by atoms with Crippen molar-refractivity contribution in [2.75, 3.05) is 6.61 Å². The van der Waals surface area contributed by atoms with Crippen molar-refractivity contribution in [2.24, 2.45) is 0 Å². The number of aliphatic hydroxyl groups is 1. The number of aromatic nitrogens is 1. The van der Waals surface area contributed by atoms with Gasteiger partial charge in [0.2, 0.25) is 0 Å². The maximum Gasteiger partial charge on any atom is 0.253 e. The van der Waals surface area contributed by atoms with Gasteiger partial charge in [0.25, 0.3) is 5.56 Å². The van der Waals surface area contributed by atoms with Crippen LogP contribution in [0.2, 0.25) is 0 Å². The third-order valence-electron chi connectivity index (χ3n) is 2.29. The Kier molecular flexibility index (Phi) is 5.31. The predicted molar refractivity (Wildman–Crippen MR) is 69.1 cm³/mol. The Bertz CT molecular complexity index is 373. The highest BCUT2D eigenvalue weighted by atomic mass is 127. The second kappa shape index (κ2) is 6.27. The zero-order valence-electron chi connectivity index (χ0n) is 8.87. The standard InChI is InChI=1S/C11H16INO2/c1-9-7-10(12)8-13(11(9)15)5-3-2-4-6-14/h7-8,14H,2-6H2,1H3. The van der Waals surface area contributed by atoms with Crippen LogP contribution in [0.15, 0.2) is 17.1 Å². The molecule has 1 aromatic rings. The first-order chi connectivity index (χ1) is 7.15. The van der Waals surface area contributed by atoms with E-state index in [0.717, 1.165) is 34.9 Å². The van der Waals surface area contributed by atoms with Crippen LogP contribution in [0, 0.1) is 10.5 Å². The van der Waals surface area contributed by atoms with E-state index in [-0.39, 0.29) is 12.2 Å². The van der Waals surface area contributed by atoms with Crippen LogP contribution in [-0.4, -0.2) is 16.3 Å². The maximum atomic E-state index is 11.7. The monoisotopic (exact) mass is 321 g/mol. The molecular weight excluding hydrogens is 305 g/mol. The van der Waals surface area contributed by atoms with Gasteiger partial charge in [-0.15, -0.1) is 0 Å². The first-order valence-corrected chi connectivity index (χ1v) is 6.20. The largest absolute Gasteiger partial charge is 0.396 e. The topological polar surface area (TPSA) is 42.2 Å². The summed E-state index contributed by atoms with van der Waals surface area (Å²) in [6, 6.07) is 1.90. The van der Waals surface area contributed by atoms with Gasteiger partial charge >= 0.3 is 0 Å². The third kappa shape index (κ3) is 3.95. The van der Waals surface area contributed by atoms with Crippen molar-refractivity contribution < 1.29 is 5.11 Å². The molecule has 1 aromatic heterocycles. The molecule has 15 heavy (non-hydrogen) atoms. The summed E-state index contributed by atoms with van der Waals surface area (Å²) in [6.45, 7) is 2.82. The van der Waals surface area contributed by atoms with Crippen LogP contribution in [0.3, 0.4) is 0 Å². The Hall–Kier alpha value is -0.360. The second-order valence-electron chi connectivity index (χ2n) is 3.62. The summed E-state index contributed by atoms with van der Waals surface area (Å²) in [5.41, 5.74) is 0.892. The van der Waals surface area contributed by atoms with E-state index in [4.69, 9.17) is 5.11 Å². The molecule has 0 aliphatic rings. The fourth-order valence-corrected chi connectivity index (χ4v) is 2.28. The van der Waals surface area contributed by atoms with Gasteiger partial charge in [-0.3, -0.25) is 4.79 Å². The summed E-state index contributed by atoms with van der Waals surface area (Å²) in [7, 11) is 0. The molecule has 0 fully saturated rings. The highest BCUT2D eigenvalue weighted by molar-refractivity contribution is 14.1. The molecule has 0 aliphatic carbocycles. The van der Waals surface area contributed by atoms with Crippen molar-refractivity contribution in [1.29, 1.82) is 0 Å². The summed E-state index contributed by atoms with van der Waals surface area (Å²) >= 11 is 2.22. The van der Waals surface area contributed by atoms with E-state index < -0.39 is 0 Å². The quantitative estimate of drug-likeness (QED) is 0.665. The van der Waals surface area contributed by atoms with Crippen molar-refractivity contribution in [3.05, 3.63) is 31.8 Å². The fraction of sp³-hybridized carbons (Fsp3) is 0.545. The molecule has 0 bridgehead atoms. The van der Waals surface area contributed by atoms with Gasteiger partial charge < -0.3 is 9.67 Å². The number of nitrogens with zero attached hydrogens (tertiary/aromatic N) is 1. The average Bonchev–Trinajstić information content (AvgIpc) is 2.19. The summed E-state index contributed by atoms with van der Waals surface area (Å²) in [5, 5.41) is 8.64. The molecule has 3 nitrogen and oxygen atoms in total. The minimum Gasteiger partial charge on any atom is -0.396 e. The molecule has 4 heteroatoms. The number of aliphatic hydroxyl groups excluding tert-OH is 1. The van der Waals surface area contributed by atoms with Gasteiger partial charge in [0.05, 0.1) is 0 Å². The molecule has 0 aromatic carbocycles. The molecular formula is C11H16INO2. The first kappa shape index (κ1) is 12.7. The van der Waals surface area contributed by atoms with Crippen LogP contribution in [0.4, 0.5) is 0 Å². The summed E-state index contributed by atoms with van der Waals surface area (Å²) in [4.78, 5) is 11.7. The number of unbranched alkanes of at least 4 members (excludes halogenated alkanes) is 2. The van der Waals surface area contributed by atoms with Crippen LogP contribution in [0.1, 0.15) is 24.8 Å². The van der Waals surface area contributed by atoms with Gasteiger partial charge in [-0.25, -0.2) is 0 Å². The van der Waals surface area contributed by atoms with Gasteiger partial charge in [-0.1, -0.05) is 0 Å². The van der Waals surface area contributed by atoms with Crippen LogP contribution in [0.25, 0.3) is 0 Å². The molecule has 0 unspecified atom stereocenters. The van der Waals surface area contributed by atoms with Crippen LogP contribution in [-0.2, 0) is 6.54 Å². The van der Waals surface area contributed by atoms with E-state index in [2.05, 4.69) is 22.6 Å². The normalized spacial score (nSPS) is 10.6. The third-order valence-corrected chi connectivity index (χ3v) is 2.88. The minimum absolute atomic E-state index is 0.0967.